The third kappa shape index (κ3) is 5.09. The molecule has 28 heavy (non-hydrogen) atoms. The summed E-state index contributed by atoms with van der Waals surface area (Å²) in [6.07, 6.45) is 0. The van der Waals surface area contributed by atoms with Crippen molar-refractivity contribution in [2.45, 2.75) is 13.5 Å². The Labute approximate surface area is 168 Å². The van der Waals surface area contributed by atoms with Crippen LogP contribution in [0.3, 0.4) is 0 Å². The van der Waals surface area contributed by atoms with Crippen molar-refractivity contribution in [3.8, 4) is 11.4 Å². The number of ether oxygens (including phenoxy) is 2. The number of benzene rings is 2. The van der Waals surface area contributed by atoms with Crippen LogP contribution in [0.4, 0.5) is 0 Å². The van der Waals surface area contributed by atoms with Crippen molar-refractivity contribution in [1.29, 1.82) is 0 Å². The molecule has 3 aromatic rings. The number of nitrogens with one attached hydrogen (secondary N) is 1. The first kappa shape index (κ1) is 19.9. The minimum atomic E-state index is -0.295. The van der Waals surface area contributed by atoms with Gasteiger partial charge in [-0.15, -0.1) is 5.10 Å². The topological polar surface area (TPSA) is 78.3 Å². The zero-order valence-electron chi connectivity index (χ0n) is 15.7. The SMILES string of the molecule is COCCOc1cccc(CNC(=O)c2nn(-c3cccc(Cl)c3)nc2C)c1. The van der Waals surface area contributed by atoms with Crippen molar-refractivity contribution >= 4 is 17.5 Å². The highest BCUT2D eigenvalue weighted by Gasteiger charge is 2.16. The molecule has 0 radical (unpaired) electrons. The van der Waals surface area contributed by atoms with Gasteiger partial charge in [-0.3, -0.25) is 4.79 Å². The number of amides is 1. The van der Waals surface area contributed by atoms with Gasteiger partial charge < -0.3 is 14.8 Å². The first-order valence-corrected chi connectivity index (χ1v) is 9.13. The van der Waals surface area contributed by atoms with Gasteiger partial charge in [0.1, 0.15) is 12.4 Å². The summed E-state index contributed by atoms with van der Waals surface area (Å²) < 4.78 is 10.6. The fourth-order valence-corrected chi connectivity index (χ4v) is 2.74. The van der Waals surface area contributed by atoms with Gasteiger partial charge in [-0.25, -0.2) is 0 Å². The molecule has 0 aliphatic heterocycles. The Bertz CT molecular complexity index is 958. The van der Waals surface area contributed by atoms with Gasteiger partial charge in [-0.2, -0.15) is 9.90 Å². The maximum absolute atomic E-state index is 12.5. The summed E-state index contributed by atoms with van der Waals surface area (Å²) in [5.74, 6) is 0.434. The molecule has 8 heteroatoms. The highest BCUT2D eigenvalue weighted by Crippen LogP contribution is 2.15. The Morgan fingerprint density at radius 2 is 1.96 bits per heavy atom. The van der Waals surface area contributed by atoms with Crippen LogP contribution in [0.25, 0.3) is 5.69 Å². The Balaban J connectivity index is 1.65. The van der Waals surface area contributed by atoms with Crippen molar-refractivity contribution in [3.05, 3.63) is 70.5 Å². The largest absolute Gasteiger partial charge is 0.491 e. The molecular formula is C20H21ClN4O3. The lowest BCUT2D eigenvalue weighted by atomic mass is 10.2. The van der Waals surface area contributed by atoms with E-state index in [4.69, 9.17) is 21.1 Å². The average Bonchev–Trinajstić information content (AvgIpc) is 3.09. The van der Waals surface area contributed by atoms with Crippen molar-refractivity contribution in [1.82, 2.24) is 20.3 Å². The summed E-state index contributed by atoms with van der Waals surface area (Å²) >= 11 is 6.01. The highest BCUT2D eigenvalue weighted by molar-refractivity contribution is 6.30. The number of carbonyl (C=O) groups is 1. The third-order valence-corrected chi connectivity index (χ3v) is 4.18. The number of halogens is 1. The van der Waals surface area contributed by atoms with Gasteiger partial charge in [-0.1, -0.05) is 29.8 Å². The number of rotatable bonds is 8. The van der Waals surface area contributed by atoms with Crippen LogP contribution < -0.4 is 10.1 Å². The second-order valence-electron chi connectivity index (χ2n) is 6.07. The lowest BCUT2D eigenvalue weighted by molar-refractivity contribution is 0.0945. The summed E-state index contributed by atoms with van der Waals surface area (Å²) in [6.45, 7) is 3.08. The van der Waals surface area contributed by atoms with Crippen LogP contribution in [0, 0.1) is 6.92 Å². The molecule has 0 aliphatic rings. The van der Waals surface area contributed by atoms with E-state index in [-0.39, 0.29) is 11.6 Å². The smallest absolute Gasteiger partial charge is 0.274 e. The van der Waals surface area contributed by atoms with Gasteiger partial charge in [0, 0.05) is 18.7 Å². The third-order valence-electron chi connectivity index (χ3n) is 3.94. The van der Waals surface area contributed by atoms with Crippen LogP contribution in [0.15, 0.2) is 48.5 Å². The van der Waals surface area contributed by atoms with E-state index in [1.165, 1.54) is 4.80 Å². The lowest BCUT2D eigenvalue weighted by Gasteiger charge is -2.08. The molecular weight excluding hydrogens is 380 g/mol. The quantitative estimate of drug-likeness (QED) is 0.587. The molecule has 0 spiro atoms. The number of methoxy groups -OCH3 is 1. The molecule has 1 aromatic heterocycles. The fourth-order valence-electron chi connectivity index (χ4n) is 2.56. The van der Waals surface area contributed by atoms with Crippen LogP contribution >= 0.6 is 11.6 Å². The van der Waals surface area contributed by atoms with Crippen LogP contribution in [0.1, 0.15) is 21.7 Å². The molecule has 0 unspecified atom stereocenters. The van der Waals surface area contributed by atoms with Gasteiger partial charge in [0.05, 0.1) is 18.0 Å². The number of hydrogen-bond donors (Lipinski definition) is 1. The monoisotopic (exact) mass is 400 g/mol. The van der Waals surface area contributed by atoms with E-state index < -0.39 is 0 Å². The second-order valence-corrected chi connectivity index (χ2v) is 6.51. The molecule has 0 aliphatic carbocycles. The summed E-state index contributed by atoms with van der Waals surface area (Å²) in [4.78, 5) is 13.9. The maximum atomic E-state index is 12.5. The molecule has 2 aromatic carbocycles. The minimum Gasteiger partial charge on any atom is -0.491 e. The lowest BCUT2D eigenvalue weighted by Crippen LogP contribution is -2.24. The molecule has 0 bridgehead atoms. The van der Waals surface area contributed by atoms with E-state index in [1.54, 1.807) is 32.2 Å². The maximum Gasteiger partial charge on any atom is 0.274 e. The van der Waals surface area contributed by atoms with E-state index in [9.17, 15) is 4.79 Å². The predicted octanol–water partition coefficient (Wildman–Crippen LogP) is 3.18. The zero-order valence-corrected chi connectivity index (χ0v) is 16.4. The van der Waals surface area contributed by atoms with Crippen molar-refractivity contribution < 1.29 is 14.3 Å². The fraction of sp³-hybridized carbons (Fsp3) is 0.250. The molecule has 0 saturated carbocycles. The van der Waals surface area contributed by atoms with Gasteiger partial charge in [0.15, 0.2) is 5.69 Å². The van der Waals surface area contributed by atoms with Gasteiger partial charge in [0.25, 0.3) is 5.91 Å². The summed E-state index contributed by atoms with van der Waals surface area (Å²) in [6, 6.07) is 14.7. The predicted molar refractivity (Wildman–Crippen MR) is 106 cm³/mol. The molecule has 7 nitrogen and oxygen atoms in total. The Morgan fingerprint density at radius 3 is 2.75 bits per heavy atom. The molecule has 146 valence electrons. The average molecular weight is 401 g/mol. The van der Waals surface area contributed by atoms with Gasteiger partial charge in [-0.05, 0) is 42.8 Å². The van der Waals surface area contributed by atoms with Gasteiger partial charge >= 0.3 is 0 Å². The zero-order chi connectivity index (χ0) is 19.9. The van der Waals surface area contributed by atoms with Gasteiger partial charge in [0.2, 0.25) is 0 Å². The normalized spacial score (nSPS) is 10.7. The standard InChI is InChI=1S/C20H21ClN4O3/c1-14-19(24-25(23-14)17-7-4-6-16(21)12-17)20(26)22-13-15-5-3-8-18(11-15)28-10-9-27-2/h3-8,11-12H,9-10,13H2,1-2H3,(H,22,26). The van der Waals surface area contributed by atoms with Crippen molar-refractivity contribution in [3.63, 3.8) is 0 Å². The molecule has 0 saturated heterocycles. The molecule has 1 amide bonds. The van der Waals surface area contributed by atoms with Crippen LogP contribution in [0.5, 0.6) is 5.75 Å². The van der Waals surface area contributed by atoms with E-state index in [0.717, 1.165) is 11.3 Å². The number of carbonyl (C=O) groups excluding carboxylic acids is 1. The molecule has 1 heterocycles. The van der Waals surface area contributed by atoms with E-state index in [0.29, 0.717) is 36.2 Å². The number of aryl methyl sites for hydroxylation is 1. The van der Waals surface area contributed by atoms with Crippen LogP contribution in [0.2, 0.25) is 5.02 Å². The van der Waals surface area contributed by atoms with Crippen molar-refractivity contribution in [2.75, 3.05) is 20.3 Å². The number of hydrogen-bond acceptors (Lipinski definition) is 5. The summed E-state index contributed by atoms with van der Waals surface area (Å²) in [5, 5.41) is 12.0. The molecule has 0 fully saturated rings. The first-order valence-electron chi connectivity index (χ1n) is 8.75. The first-order chi connectivity index (χ1) is 13.6. The minimum absolute atomic E-state index is 0.271. The summed E-state index contributed by atoms with van der Waals surface area (Å²) in [7, 11) is 1.62. The number of aromatic nitrogens is 3. The van der Waals surface area contributed by atoms with E-state index in [2.05, 4.69) is 15.5 Å². The molecule has 1 N–H and O–H groups in total. The van der Waals surface area contributed by atoms with Crippen LogP contribution in [-0.4, -0.2) is 41.2 Å². The second kappa shape index (κ2) is 9.34. The Morgan fingerprint density at radius 1 is 1.14 bits per heavy atom. The number of nitrogens with zero attached hydrogens (tertiary/aromatic N) is 3. The van der Waals surface area contributed by atoms with Crippen LogP contribution in [-0.2, 0) is 11.3 Å². The van der Waals surface area contributed by atoms with E-state index in [1.807, 2.05) is 30.3 Å². The van der Waals surface area contributed by atoms with E-state index >= 15 is 0 Å². The van der Waals surface area contributed by atoms with Crippen molar-refractivity contribution in [2.24, 2.45) is 0 Å². The Hall–Kier alpha value is -2.90. The molecule has 0 atom stereocenters. The molecule has 3 rings (SSSR count). The summed E-state index contributed by atoms with van der Waals surface area (Å²) in [5.41, 5.74) is 2.42. The Kier molecular flexibility index (Phi) is 6.62. The highest BCUT2D eigenvalue weighted by atomic mass is 35.5.